The summed E-state index contributed by atoms with van der Waals surface area (Å²) in [4.78, 5) is 20.0. The van der Waals surface area contributed by atoms with Crippen molar-refractivity contribution in [3.63, 3.8) is 0 Å². The first-order valence-corrected chi connectivity index (χ1v) is 4.65. The molecule has 0 bridgehead atoms. The van der Waals surface area contributed by atoms with E-state index in [-0.39, 0.29) is 11.4 Å². The van der Waals surface area contributed by atoms with Crippen LogP contribution in [0.5, 0.6) is 0 Å². The van der Waals surface area contributed by atoms with Gasteiger partial charge in [-0.1, -0.05) is 12.1 Å². The first-order valence-electron chi connectivity index (χ1n) is 4.65. The van der Waals surface area contributed by atoms with Gasteiger partial charge in [0.25, 0.3) is 5.69 Å². The third-order valence-electron chi connectivity index (χ3n) is 1.93. The van der Waals surface area contributed by atoms with E-state index in [9.17, 15) is 20.2 Å². The van der Waals surface area contributed by atoms with Gasteiger partial charge in [0.15, 0.2) is 5.69 Å². The summed E-state index contributed by atoms with van der Waals surface area (Å²) in [5, 5.41) is 28.3. The topological polar surface area (TPSA) is 111 Å². The average Bonchev–Trinajstić information content (AvgIpc) is 2.26. The number of hydrogen-bond acceptors (Lipinski definition) is 6. The predicted octanol–water partition coefficient (Wildman–Crippen LogP) is 2.69. The highest BCUT2D eigenvalue weighted by Gasteiger charge is 2.30. The van der Waals surface area contributed by atoms with Gasteiger partial charge in [0.2, 0.25) is 0 Å². The predicted molar refractivity (Wildman–Crippen MR) is 58.7 cm³/mol. The van der Waals surface area contributed by atoms with E-state index >= 15 is 0 Å². The highest BCUT2D eigenvalue weighted by Crippen LogP contribution is 2.27. The third kappa shape index (κ3) is 3.03. The van der Waals surface area contributed by atoms with Crippen LogP contribution >= 0.6 is 0 Å². The molecule has 0 spiro atoms. The molecule has 8 heteroatoms. The van der Waals surface area contributed by atoms with Gasteiger partial charge in [-0.15, -0.1) is 10.2 Å². The van der Waals surface area contributed by atoms with Crippen molar-refractivity contribution in [3.05, 3.63) is 44.5 Å². The molecule has 90 valence electrons. The molecule has 0 aliphatic carbocycles. The number of para-hydroxylation sites is 1. The lowest BCUT2D eigenvalue weighted by Gasteiger charge is -2.07. The zero-order valence-electron chi connectivity index (χ0n) is 9.23. The molecule has 0 heterocycles. The van der Waals surface area contributed by atoms with Gasteiger partial charge in [-0.2, -0.15) is 0 Å². The highest BCUT2D eigenvalue weighted by molar-refractivity contribution is 5.56. The Morgan fingerprint density at radius 3 is 2.29 bits per heavy atom. The van der Waals surface area contributed by atoms with Crippen LogP contribution in [0.3, 0.4) is 0 Å². The first-order chi connectivity index (χ1) is 7.84. The molecule has 1 aromatic rings. The highest BCUT2D eigenvalue weighted by atomic mass is 16.6. The van der Waals surface area contributed by atoms with E-state index in [2.05, 4.69) is 10.2 Å². The number of hydrogen-bond donors (Lipinski definition) is 0. The number of nitro benzene ring substituents is 1. The maximum absolute atomic E-state index is 10.7. The Kier molecular flexibility index (Phi) is 3.46. The van der Waals surface area contributed by atoms with Crippen LogP contribution in [-0.2, 0) is 0 Å². The molecule has 0 N–H and O–H groups in total. The van der Waals surface area contributed by atoms with Gasteiger partial charge in [-0.3, -0.25) is 20.2 Å². The van der Waals surface area contributed by atoms with Crippen LogP contribution in [0.2, 0.25) is 0 Å². The SMILES string of the molecule is CC(C)(N=Nc1ccccc1[N+](=O)[O-])[N+](=O)[O-]. The molecular formula is C9H10N4O4. The van der Waals surface area contributed by atoms with Crippen LogP contribution in [0.1, 0.15) is 13.8 Å². The van der Waals surface area contributed by atoms with Crippen LogP contribution < -0.4 is 0 Å². The Morgan fingerprint density at radius 2 is 1.76 bits per heavy atom. The van der Waals surface area contributed by atoms with Crippen LogP contribution in [0.4, 0.5) is 11.4 Å². The fourth-order valence-electron chi connectivity index (χ4n) is 0.916. The van der Waals surface area contributed by atoms with Crippen LogP contribution in [-0.4, -0.2) is 15.5 Å². The van der Waals surface area contributed by atoms with Crippen molar-refractivity contribution >= 4 is 11.4 Å². The maximum Gasteiger partial charge on any atom is 0.324 e. The lowest BCUT2D eigenvalue weighted by Crippen LogP contribution is -2.27. The molecule has 0 aliphatic heterocycles. The zero-order valence-corrected chi connectivity index (χ0v) is 9.23. The molecule has 1 aromatic carbocycles. The fourth-order valence-corrected chi connectivity index (χ4v) is 0.916. The Labute approximate surface area is 96.3 Å². The van der Waals surface area contributed by atoms with Crippen molar-refractivity contribution in [2.24, 2.45) is 10.2 Å². The minimum atomic E-state index is -1.61. The van der Waals surface area contributed by atoms with E-state index in [1.807, 2.05) is 0 Å². The van der Waals surface area contributed by atoms with Gasteiger partial charge in [0, 0.05) is 19.9 Å². The van der Waals surface area contributed by atoms with Crippen LogP contribution in [0, 0.1) is 20.2 Å². The maximum atomic E-state index is 10.7. The number of nitrogens with zero attached hydrogens (tertiary/aromatic N) is 4. The molecule has 0 amide bonds. The van der Waals surface area contributed by atoms with Gasteiger partial charge >= 0.3 is 5.66 Å². The Morgan fingerprint density at radius 1 is 1.18 bits per heavy atom. The second-order valence-corrected chi connectivity index (χ2v) is 3.70. The zero-order chi connectivity index (χ0) is 13.1. The van der Waals surface area contributed by atoms with E-state index < -0.39 is 15.5 Å². The van der Waals surface area contributed by atoms with E-state index in [0.29, 0.717) is 0 Å². The molecule has 0 atom stereocenters. The average molecular weight is 238 g/mol. The Balaban J connectivity index is 3.08. The smallest absolute Gasteiger partial charge is 0.262 e. The van der Waals surface area contributed by atoms with Gasteiger partial charge in [0.05, 0.1) is 9.85 Å². The summed E-state index contributed by atoms with van der Waals surface area (Å²) < 4.78 is 0. The van der Waals surface area contributed by atoms with Gasteiger partial charge in [0.1, 0.15) is 0 Å². The van der Waals surface area contributed by atoms with E-state index in [1.54, 1.807) is 6.07 Å². The van der Waals surface area contributed by atoms with Gasteiger partial charge < -0.3 is 0 Å². The molecule has 0 aliphatic rings. The van der Waals surface area contributed by atoms with Crippen molar-refractivity contribution in [3.8, 4) is 0 Å². The van der Waals surface area contributed by atoms with Crippen molar-refractivity contribution in [2.45, 2.75) is 19.5 Å². The summed E-state index contributed by atoms with van der Waals surface area (Å²) in [6.07, 6.45) is 0. The lowest BCUT2D eigenvalue weighted by molar-refractivity contribution is -0.559. The van der Waals surface area contributed by atoms with E-state index in [0.717, 1.165) is 0 Å². The second kappa shape index (κ2) is 4.64. The number of rotatable bonds is 4. The molecular weight excluding hydrogens is 228 g/mol. The number of azo groups is 1. The van der Waals surface area contributed by atoms with Gasteiger partial charge in [-0.25, -0.2) is 0 Å². The minimum Gasteiger partial charge on any atom is -0.262 e. The van der Waals surface area contributed by atoms with Crippen molar-refractivity contribution in [2.75, 3.05) is 0 Å². The minimum absolute atomic E-state index is 0.00701. The number of benzene rings is 1. The molecule has 17 heavy (non-hydrogen) atoms. The van der Waals surface area contributed by atoms with Crippen molar-refractivity contribution in [1.29, 1.82) is 0 Å². The Bertz CT molecular complexity index is 484. The quantitative estimate of drug-likeness (QED) is 0.456. The van der Waals surface area contributed by atoms with Crippen molar-refractivity contribution < 1.29 is 9.85 Å². The summed E-state index contributed by atoms with van der Waals surface area (Å²) in [6.45, 7) is 2.51. The molecule has 0 fully saturated rings. The normalized spacial score (nSPS) is 11.6. The van der Waals surface area contributed by atoms with Gasteiger partial charge in [-0.05, 0) is 6.07 Å². The summed E-state index contributed by atoms with van der Waals surface area (Å²) in [5.41, 5.74) is -1.85. The standard InChI is InChI=1S/C9H10N4O4/c1-9(2,13(16)17)11-10-7-5-3-4-6-8(7)12(14)15/h3-6H,1-2H3. The first kappa shape index (κ1) is 12.7. The molecule has 0 radical (unpaired) electrons. The second-order valence-electron chi connectivity index (χ2n) is 3.70. The van der Waals surface area contributed by atoms with Crippen LogP contribution in [0.25, 0.3) is 0 Å². The van der Waals surface area contributed by atoms with Crippen molar-refractivity contribution in [1.82, 2.24) is 0 Å². The summed E-state index contributed by atoms with van der Waals surface area (Å²) in [7, 11) is 0. The van der Waals surface area contributed by atoms with E-state index in [4.69, 9.17) is 0 Å². The van der Waals surface area contributed by atoms with Crippen LogP contribution in [0.15, 0.2) is 34.5 Å². The molecule has 0 saturated carbocycles. The molecule has 0 saturated heterocycles. The summed E-state index contributed by atoms with van der Waals surface area (Å²) in [6, 6.07) is 5.65. The summed E-state index contributed by atoms with van der Waals surface area (Å²) in [5.74, 6) is 0. The molecule has 1 rings (SSSR count). The van der Waals surface area contributed by atoms with E-state index in [1.165, 1.54) is 32.0 Å². The Hall–Kier alpha value is -2.38. The summed E-state index contributed by atoms with van der Waals surface area (Å²) >= 11 is 0. The molecule has 8 nitrogen and oxygen atoms in total. The monoisotopic (exact) mass is 238 g/mol. The molecule has 0 aromatic heterocycles. The fraction of sp³-hybridized carbons (Fsp3) is 0.333. The largest absolute Gasteiger partial charge is 0.324 e. The lowest BCUT2D eigenvalue weighted by atomic mass is 10.3. The molecule has 0 unspecified atom stereocenters. The number of nitro groups is 2. The third-order valence-corrected chi connectivity index (χ3v) is 1.93.